The summed E-state index contributed by atoms with van der Waals surface area (Å²) in [6.45, 7) is 2.82. The molecule has 12 heavy (non-hydrogen) atoms. The quantitative estimate of drug-likeness (QED) is 0.622. The van der Waals surface area contributed by atoms with E-state index >= 15 is 0 Å². The van der Waals surface area contributed by atoms with E-state index in [-0.39, 0.29) is 18.8 Å². The third-order valence-corrected chi connectivity index (χ3v) is 2.06. The van der Waals surface area contributed by atoms with Gasteiger partial charge in [0.05, 0.1) is 19.3 Å². The highest BCUT2D eigenvalue weighted by Gasteiger charge is 2.29. The molecule has 72 valence electrons. The Bertz CT molecular complexity index is 128. The van der Waals surface area contributed by atoms with Gasteiger partial charge in [-0.15, -0.1) is 0 Å². The minimum Gasteiger partial charge on any atom is -0.396 e. The molecule has 1 aliphatic heterocycles. The monoisotopic (exact) mass is 176 g/mol. The fourth-order valence-electron chi connectivity index (χ4n) is 1.28. The van der Waals surface area contributed by atoms with E-state index in [0.29, 0.717) is 19.6 Å². The number of aliphatic hydroxyl groups is 2. The molecule has 0 spiro atoms. The van der Waals surface area contributed by atoms with Crippen molar-refractivity contribution in [2.45, 2.75) is 25.7 Å². The van der Waals surface area contributed by atoms with Crippen LogP contribution in [0.2, 0.25) is 0 Å². The predicted octanol–water partition coefficient (Wildman–Crippen LogP) is -0.261. The first-order valence-electron chi connectivity index (χ1n) is 4.30. The van der Waals surface area contributed by atoms with E-state index in [2.05, 4.69) is 0 Å². The lowest BCUT2D eigenvalue weighted by atomic mass is 9.99. The second kappa shape index (κ2) is 4.77. The lowest BCUT2D eigenvalue weighted by molar-refractivity contribution is -0.204. The summed E-state index contributed by atoms with van der Waals surface area (Å²) in [5.41, 5.74) is 0. The zero-order chi connectivity index (χ0) is 8.97. The third kappa shape index (κ3) is 2.42. The Hall–Kier alpha value is -0.160. The molecule has 1 saturated heterocycles. The maximum atomic E-state index is 9.45. The SMILES string of the molecule is CCO[C@@H]1C[C@H](O)[C@H](CO)CO1. The zero-order valence-electron chi connectivity index (χ0n) is 7.27. The molecule has 1 heterocycles. The molecule has 0 unspecified atom stereocenters. The van der Waals surface area contributed by atoms with Gasteiger partial charge in [0.2, 0.25) is 0 Å². The van der Waals surface area contributed by atoms with Gasteiger partial charge in [-0.05, 0) is 6.92 Å². The van der Waals surface area contributed by atoms with Crippen LogP contribution < -0.4 is 0 Å². The van der Waals surface area contributed by atoms with Gasteiger partial charge < -0.3 is 19.7 Å². The molecule has 0 radical (unpaired) electrons. The van der Waals surface area contributed by atoms with Gasteiger partial charge in [-0.3, -0.25) is 0 Å². The standard InChI is InChI=1S/C8H16O4/c1-2-11-8-3-7(10)6(4-9)5-12-8/h6-10H,2-5H2,1H3/t6-,7+,8+/m1/s1. The van der Waals surface area contributed by atoms with Crippen molar-refractivity contribution in [3.63, 3.8) is 0 Å². The summed E-state index contributed by atoms with van der Waals surface area (Å²) in [5, 5.41) is 18.2. The van der Waals surface area contributed by atoms with Crippen LogP contribution in [0.15, 0.2) is 0 Å². The van der Waals surface area contributed by atoms with Crippen molar-refractivity contribution in [3.8, 4) is 0 Å². The van der Waals surface area contributed by atoms with Crippen LogP contribution in [0.3, 0.4) is 0 Å². The Labute approximate surface area is 72.1 Å². The van der Waals surface area contributed by atoms with Crippen LogP contribution in [0, 0.1) is 5.92 Å². The number of hydrogen-bond donors (Lipinski definition) is 2. The fourth-order valence-corrected chi connectivity index (χ4v) is 1.28. The highest BCUT2D eigenvalue weighted by molar-refractivity contribution is 4.73. The van der Waals surface area contributed by atoms with Gasteiger partial charge >= 0.3 is 0 Å². The van der Waals surface area contributed by atoms with E-state index < -0.39 is 6.10 Å². The topological polar surface area (TPSA) is 58.9 Å². The third-order valence-electron chi connectivity index (χ3n) is 2.06. The molecule has 2 N–H and O–H groups in total. The normalized spacial score (nSPS) is 36.8. The van der Waals surface area contributed by atoms with Crippen molar-refractivity contribution >= 4 is 0 Å². The summed E-state index contributed by atoms with van der Waals surface area (Å²) in [4.78, 5) is 0. The van der Waals surface area contributed by atoms with Crippen molar-refractivity contribution in [3.05, 3.63) is 0 Å². The van der Waals surface area contributed by atoms with Crippen molar-refractivity contribution in [2.24, 2.45) is 5.92 Å². The molecule has 0 saturated carbocycles. The fraction of sp³-hybridized carbons (Fsp3) is 1.00. The van der Waals surface area contributed by atoms with Gasteiger partial charge in [0.25, 0.3) is 0 Å². The lowest BCUT2D eigenvalue weighted by Crippen LogP contribution is -2.40. The van der Waals surface area contributed by atoms with Crippen LogP contribution in [-0.4, -0.2) is 42.4 Å². The Morgan fingerprint density at radius 2 is 2.33 bits per heavy atom. The molecule has 3 atom stereocenters. The van der Waals surface area contributed by atoms with E-state index in [1.54, 1.807) is 0 Å². The molecular formula is C8H16O4. The molecule has 4 nitrogen and oxygen atoms in total. The molecule has 1 aliphatic rings. The molecular weight excluding hydrogens is 160 g/mol. The van der Waals surface area contributed by atoms with E-state index in [1.165, 1.54) is 0 Å². The van der Waals surface area contributed by atoms with Gasteiger partial charge in [0.1, 0.15) is 0 Å². The summed E-state index contributed by atoms with van der Waals surface area (Å²) in [5.74, 6) is -0.151. The van der Waals surface area contributed by atoms with Crippen molar-refractivity contribution < 1.29 is 19.7 Å². The summed E-state index contributed by atoms with van der Waals surface area (Å²) < 4.78 is 10.4. The first-order valence-corrected chi connectivity index (χ1v) is 4.30. The molecule has 0 bridgehead atoms. The van der Waals surface area contributed by atoms with Gasteiger partial charge in [0, 0.05) is 18.9 Å². The molecule has 4 heteroatoms. The molecule has 0 aliphatic carbocycles. The molecule has 0 amide bonds. The van der Waals surface area contributed by atoms with E-state index in [4.69, 9.17) is 14.6 Å². The summed E-state index contributed by atoms with van der Waals surface area (Å²) in [7, 11) is 0. The molecule has 0 aromatic rings. The Kier molecular flexibility index (Phi) is 3.94. The average molecular weight is 176 g/mol. The maximum absolute atomic E-state index is 9.45. The largest absolute Gasteiger partial charge is 0.396 e. The van der Waals surface area contributed by atoms with Gasteiger partial charge in [-0.1, -0.05) is 0 Å². The number of aliphatic hydroxyl groups excluding tert-OH is 2. The number of ether oxygens (including phenoxy) is 2. The first-order chi connectivity index (χ1) is 5.77. The van der Waals surface area contributed by atoms with Crippen LogP contribution in [-0.2, 0) is 9.47 Å². The van der Waals surface area contributed by atoms with Crippen LogP contribution >= 0.6 is 0 Å². The molecule has 0 aromatic heterocycles. The van der Waals surface area contributed by atoms with E-state index in [0.717, 1.165) is 0 Å². The molecule has 1 fully saturated rings. The van der Waals surface area contributed by atoms with E-state index in [9.17, 15) is 5.11 Å². The van der Waals surface area contributed by atoms with Gasteiger partial charge in [-0.2, -0.15) is 0 Å². The second-order valence-corrected chi connectivity index (χ2v) is 2.96. The molecule has 1 rings (SSSR count). The highest BCUT2D eigenvalue weighted by Crippen LogP contribution is 2.19. The van der Waals surface area contributed by atoms with Gasteiger partial charge in [-0.25, -0.2) is 0 Å². The highest BCUT2D eigenvalue weighted by atomic mass is 16.7. The second-order valence-electron chi connectivity index (χ2n) is 2.96. The minimum absolute atomic E-state index is 0.0278. The predicted molar refractivity (Wildman–Crippen MR) is 42.6 cm³/mol. The minimum atomic E-state index is -0.500. The van der Waals surface area contributed by atoms with Gasteiger partial charge in [0.15, 0.2) is 6.29 Å². The van der Waals surface area contributed by atoms with Crippen LogP contribution in [0.5, 0.6) is 0 Å². The Morgan fingerprint density at radius 1 is 1.58 bits per heavy atom. The van der Waals surface area contributed by atoms with Crippen molar-refractivity contribution in [1.29, 1.82) is 0 Å². The molecule has 0 aromatic carbocycles. The van der Waals surface area contributed by atoms with Crippen LogP contribution in [0.4, 0.5) is 0 Å². The Balaban J connectivity index is 2.30. The first kappa shape index (κ1) is 9.92. The average Bonchev–Trinajstić information content (AvgIpc) is 2.05. The summed E-state index contributed by atoms with van der Waals surface area (Å²) in [6.07, 6.45) is -0.341. The van der Waals surface area contributed by atoms with Crippen molar-refractivity contribution in [1.82, 2.24) is 0 Å². The maximum Gasteiger partial charge on any atom is 0.160 e. The number of rotatable bonds is 3. The van der Waals surface area contributed by atoms with Crippen LogP contribution in [0.1, 0.15) is 13.3 Å². The smallest absolute Gasteiger partial charge is 0.160 e. The summed E-state index contributed by atoms with van der Waals surface area (Å²) >= 11 is 0. The van der Waals surface area contributed by atoms with Crippen LogP contribution in [0.25, 0.3) is 0 Å². The Morgan fingerprint density at radius 3 is 2.83 bits per heavy atom. The number of hydrogen-bond acceptors (Lipinski definition) is 4. The van der Waals surface area contributed by atoms with E-state index in [1.807, 2.05) is 6.92 Å². The lowest BCUT2D eigenvalue weighted by Gasteiger charge is -2.31. The van der Waals surface area contributed by atoms with Crippen molar-refractivity contribution in [2.75, 3.05) is 19.8 Å². The zero-order valence-corrected chi connectivity index (χ0v) is 7.27. The summed E-state index contributed by atoms with van der Waals surface area (Å²) in [6, 6.07) is 0.